The van der Waals surface area contributed by atoms with Gasteiger partial charge in [0.05, 0.1) is 4.47 Å². The fourth-order valence-electron chi connectivity index (χ4n) is 1.38. The summed E-state index contributed by atoms with van der Waals surface area (Å²) >= 11 is 2.87. The molecule has 0 unspecified atom stereocenters. The van der Waals surface area contributed by atoms with E-state index in [0.29, 0.717) is 0 Å². The monoisotopic (exact) mass is 300 g/mol. The predicted molar refractivity (Wildman–Crippen MR) is 60.7 cm³/mol. The molecule has 0 aliphatic heterocycles. The molecule has 0 N–H and O–H groups in total. The minimum atomic E-state index is -1.08. The van der Waals surface area contributed by atoms with E-state index < -0.39 is 17.4 Å². The van der Waals surface area contributed by atoms with Gasteiger partial charge in [0.2, 0.25) is 5.78 Å². The van der Waals surface area contributed by atoms with Crippen molar-refractivity contribution >= 4 is 21.7 Å². The number of rotatable bonds is 2. The van der Waals surface area contributed by atoms with Gasteiger partial charge in [-0.1, -0.05) is 0 Å². The van der Waals surface area contributed by atoms with E-state index in [9.17, 15) is 13.6 Å². The Balaban J connectivity index is 2.48. The molecular weight excluding hydrogens is 294 g/mol. The van der Waals surface area contributed by atoms with Crippen molar-refractivity contribution in [3.63, 3.8) is 0 Å². The summed E-state index contributed by atoms with van der Waals surface area (Å²) in [7, 11) is 1.66. The lowest BCUT2D eigenvalue weighted by molar-refractivity contribution is 0.103. The number of ketones is 1. The second-order valence-corrected chi connectivity index (χ2v) is 4.22. The Morgan fingerprint density at radius 2 is 2.06 bits per heavy atom. The maximum absolute atomic E-state index is 13.3. The first-order chi connectivity index (χ1) is 8.00. The maximum Gasteiger partial charge on any atom is 0.214 e. The number of hydrogen-bond acceptors (Lipinski definition) is 2. The van der Waals surface area contributed by atoms with Crippen molar-refractivity contribution in [2.24, 2.45) is 7.05 Å². The van der Waals surface area contributed by atoms with Gasteiger partial charge in [0.15, 0.2) is 11.6 Å². The van der Waals surface area contributed by atoms with Crippen molar-refractivity contribution in [1.82, 2.24) is 9.78 Å². The lowest BCUT2D eigenvalue weighted by Crippen LogP contribution is -2.06. The van der Waals surface area contributed by atoms with Gasteiger partial charge in [-0.05, 0) is 34.1 Å². The Hall–Kier alpha value is -1.56. The van der Waals surface area contributed by atoms with Gasteiger partial charge >= 0.3 is 0 Å². The van der Waals surface area contributed by atoms with Crippen LogP contribution in [0.4, 0.5) is 8.78 Å². The topological polar surface area (TPSA) is 34.9 Å². The largest absolute Gasteiger partial charge is 0.287 e. The predicted octanol–water partition coefficient (Wildman–Crippen LogP) is 2.69. The Bertz CT molecular complexity index is 595. The molecule has 88 valence electrons. The molecule has 0 amide bonds. The summed E-state index contributed by atoms with van der Waals surface area (Å²) in [4.78, 5) is 11.9. The molecule has 2 rings (SSSR count). The Morgan fingerprint density at radius 3 is 2.65 bits per heavy atom. The number of benzene rings is 1. The number of carbonyl (C=O) groups excluding carboxylic acids is 1. The number of halogens is 3. The van der Waals surface area contributed by atoms with Crippen LogP contribution in [0, 0.1) is 11.6 Å². The lowest BCUT2D eigenvalue weighted by atomic mass is 10.1. The fourth-order valence-corrected chi connectivity index (χ4v) is 1.88. The van der Waals surface area contributed by atoms with Crippen LogP contribution in [0.1, 0.15) is 16.1 Å². The molecule has 1 heterocycles. The molecule has 0 saturated carbocycles. The average Bonchev–Trinajstić information content (AvgIpc) is 2.72. The number of aryl methyl sites for hydroxylation is 1. The van der Waals surface area contributed by atoms with Crippen LogP contribution in [-0.2, 0) is 7.05 Å². The minimum Gasteiger partial charge on any atom is -0.287 e. The summed E-state index contributed by atoms with van der Waals surface area (Å²) in [5.74, 6) is -2.54. The zero-order valence-electron chi connectivity index (χ0n) is 8.75. The van der Waals surface area contributed by atoms with Gasteiger partial charge in [0, 0.05) is 18.8 Å². The molecule has 17 heavy (non-hydrogen) atoms. The van der Waals surface area contributed by atoms with E-state index in [1.54, 1.807) is 13.2 Å². The van der Waals surface area contributed by atoms with E-state index in [2.05, 4.69) is 21.0 Å². The van der Waals surface area contributed by atoms with Crippen LogP contribution in [0.25, 0.3) is 0 Å². The third kappa shape index (κ3) is 2.12. The van der Waals surface area contributed by atoms with Gasteiger partial charge in [-0.15, -0.1) is 0 Å². The quantitative estimate of drug-likeness (QED) is 0.631. The third-order valence-electron chi connectivity index (χ3n) is 2.23. The van der Waals surface area contributed by atoms with Crippen LogP contribution in [0.15, 0.2) is 28.9 Å². The average molecular weight is 301 g/mol. The van der Waals surface area contributed by atoms with Gasteiger partial charge in [-0.3, -0.25) is 9.48 Å². The van der Waals surface area contributed by atoms with E-state index in [-0.39, 0.29) is 15.7 Å². The van der Waals surface area contributed by atoms with Crippen molar-refractivity contribution < 1.29 is 13.6 Å². The van der Waals surface area contributed by atoms with Crippen LogP contribution in [-0.4, -0.2) is 15.6 Å². The molecule has 2 aromatic rings. The molecule has 1 aromatic heterocycles. The summed E-state index contributed by atoms with van der Waals surface area (Å²) in [6.07, 6.45) is 1.60. The van der Waals surface area contributed by atoms with Crippen LogP contribution in [0.5, 0.6) is 0 Å². The zero-order chi connectivity index (χ0) is 12.6. The van der Waals surface area contributed by atoms with Crippen LogP contribution < -0.4 is 0 Å². The normalized spacial score (nSPS) is 10.6. The molecule has 0 aliphatic rings. The van der Waals surface area contributed by atoms with Crippen LogP contribution in [0.3, 0.4) is 0 Å². The number of hydrogen-bond donors (Lipinski definition) is 0. The molecule has 0 saturated heterocycles. The molecule has 0 bridgehead atoms. The molecule has 0 aliphatic carbocycles. The molecule has 6 heteroatoms. The van der Waals surface area contributed by atoms with Crippen LogP contribution in [0.2, 0.25) is 0 Å². The molecular formula is C11H7BrF2N2O. The van der Waals surface area contributed by atoms with Crippen molar-refractivity contribution in [3.05, 3.63) is 51.8 Å². The maximum atomic E-state index is 13.3. The van der Waals surface area contributed by atoms with Crippen molar-refractivity contribution in [1.29, 1.82) is 0 Å². The smallest absolute Gasteiger partial charge is 0.214 e. The number of aromatic nitrogens is 2. The van der Waals surface area contributed by atoms with Gasteiger partial charge < -0.3 is 0 Å². The zero-order valence-corrected chi connectivity index (χ0v) is 10.3. The summed E-state index contributed by atoms with van der Waals surface area (Å²) in [6, 6.07) is 3.64. The highest BCUT2D eigenvalue weighted by molar-refractivity contribution is 9.10. The molecule has 0 radical (unpaired) electrons. The lowest BCUT2D eigenvalue weighted by Gasteiger charge is -2.03. The minimum absolute atomic E-state index is 0.0441. The first-order valence-electron chi connectivity index (χ1n) is 4.68. The summed E-state index contributed by atoms with van der Waals surface area (Å²) in [6.45, 7) is 0. The summed E-state index contributed by atoms with van der Waals surface area (Å²) in [5, 5.41) is 3.91. The molecule has 0 fully saturated rings. The van der Waals surface area contributed by atoms with Crippen molar-refractivity contribution in [2.45, 2.75) is 0 Å². The number of nitrogens with zero attached hydrogens (tertiary/aromatic N) is 2. The summed E-state index contributed by atoms with van der Waals surface area (Å²) in [5.41, 5.74) is 0.224. The van der Waals surface area contributed by atoms with E-state index in [1.165, 1.54) is 16.8 Å². The van der Waals surface area contributed by atoms with Crippen molar-refractivity contribution in [2.75, 3.05) is 0 Å². The second kappa shape index (κ2) is 4.37. The first kappa shape index (κ1) is 11.9. The third-order valence-corrected chi connectivity index (χ3v) is 3.00. The molecule has 0 atom stereocenters. The standard InChI is InChI=1S/C11H7BrF2N2O/c1-16-5-4-8(15-16)11(17)6-2-3-7(13)10(14)9(6)12/h2-5H,1H3. The van der Waals surface area contributed by atoms with Gasteiger partial charge in [-0.25, -0.2) is 8.78 Å². The fraction of sp³-hybridized carbons (Fsp3) is 0.0909. The van der Waals surface area contributed by atoms with E-state index in [0.717, 1.165) is 6.07 Å². The SMILES string of the molecule is Cn1ccc(C(=O)c2ccc(F)c(F)c2Br)n1. The molecule has 3 nitrogen and oxygen atoms in total. The van der Waals surface area contributed by atoms with E-state index in [4.69, 9.17) is 0 Å². The Morgan fingerprint density at radius 1 is 1.35 bits per heavy atom. The van der Waals surface area contributed by atoms with Crippen LogP contribution >= 0.6 is 15.9 Å². The summed E-state index contributed by atoms with van der Waals surface area (Å²) < 4.78 is 27.4. The molecule has 0 spiro atoms. The second-order valence-electron chi connectivity index (χ2n) is 3.43. The highest BCUT2D eigenvalue weighted by atomic mass is 79.9. The van der Waals surface area contributed by atoms with Crippen molar-refractivity contribution in [3.8, 4) is 0 Å². The van der Waals surface area contributed by atoms with Gasteiger partial charge in [0.25, 0.3) is 0 Å². The molecule has 1 aromatic carbocycles. The number of carbonyl (C=O) groups is 1. The highest BCUT2D eigenvalue weighted by Gasteiger charge is 2.19. The first-order valence-corrected chi connectivity index (χ1v) is 5.48. The van der Waals surface area contributed by atoms with Gasteiger partial charge in [-0.2, -0.15) is 5.10 Å². The van der Waals surface area contributed by atoms with Gasteiger partial charge in [0.1, 0.15) is 5.69 Å². The van der Waals surface area contributed by atoms with E-state index in [1.807, 2.05) is 0 Å². The highest BCUT2D eigenvalue weighted by Crippen LogP contribution is 2.24. The Labute approximate surface area is 104 Å². The Kier molecular flexibility index (Phi) is 3.06. The van der Waals surface area contributed by atoms with E-state index >= 15 is 0 Å².